The summed E-state index contributed by atoms with van der Waals surface area (Å²) < 4.78 is 0. The predicted octanol–water partition coefficient (Wildman–Crippen LogP) is 2.89. The fourth-order valence-corrected chi connectivity index (χ4v) is 5.03. The number of fused-ring (bicyclic) bond motifs is 1. The number of aromatic nitrogens is 1. The second kappa shape index (κ2) is 7.10. The lowest BCUT2D eigenvalue weighted by molar-refractivity contribution is -0.137. The first-order valence-electron chi connectivity index (χ1n) is 9.64. The molecular weight excluding hydrogens is 350 g/mol. The van der Waals surface area contributed by atoms with Gasteiger partial charge >= 0.3 is 0 Å². The van der Waals surface area contributed by atoms with Crippen LogP contribution < -0.4 is 5.32 Å². The standard InChI is InChI=1S/C19H25N3O3S/c1-11-4-3-7-22(10-11)18(25)13-8-14-16(15(23)9-13)26-19(20-14)21-17(24)12-5-2-6-12/h11-13H,2-10H2,1H3,(H,20,21,24). The van der Waals surface area contributed by atoms with E-state index in [1.807, 2.05) is 4.90 Å². The van der Waals surface area contributed by atoms with Crippen LogP contribution in [-0.2, 0) is 16.0 Å². The van der Waals surface area contributed by atoms with E-state index in [2.05, 4.69) is 17.2 Å². The summed E-state index contributed by atoms with van der Waals surface area (Å²) >= 11 is 1.26. The van der Waals surface area contributed by atoms with Gasteiger partial charge in [0, 0.05) is 31.8 Å². The molecule has 6 nitrogen and oxygen atoms in total. The quantitative estimate of drug-likeness (QED) is 0.881. The Kier molecular flexibility index (Phi) is 4.82. The number of thiazole rings is 1. The van der Waals surface area contributed by atoms with Crippen LogP contribution >= 0.6 is 11.3 Å². The largest absolute Gasteiger partial charge is 0.342 e. The zero-order chi connectivity index (χ0) is 18.3. The molecule has 2 amide bonds. The normalized spacial score (nSPS) is 26.2. The number of carbonyl (C=O) groups is 3. The van der Waals surface area contributed by atoms with Crippen molar-refractivity contribution < 1.29 is 14.4 Å². The molecular formula is C19H25N3O3S. The number of nitrogens with one attached hydrogen (secondary N) is 1. The summed E-state index contributed by atoms with van der Waals surface area (Å²) in [4.78, 5) is 44.5. The Morgan fingerprint density at radius 2 is 1.96 bits per heavy atom. The van der Waals surface area contributed by atoms with E-state index in [-0.39, 0.29) is 35.9 Å². The number of nitrogens with zero attached hydrogens (tertiary/aromatic N) is 2. The van der Waals surface area contributed by atoms with Crippen LogP contribution in [0.3, 0.4) is 0 Å². The number of ketones is 1. The third kappa shape index (κ3) is 3.41. The lowest BCUT2D eigenvalue weighted by Crippen LogP contribution is -2.44. The maximum absolute atomic E-state index is 12.9. The average Bonchev–Trinajstić information content (AvgIpc) is 2.95. The fourth-order valence-electron chi connectivity index (χ4n) is 4.08. The second-order valence-electron chi connectivity index (χ2n) is 7.97. The van der Waals surface area contributed by atoms with Gasteiger partial charge in [0.05, 0.1) is 16.5 Å². The summed E-state index contributed by atoms with van der Waals surface area (Å²) in [5.41, 5.74) is 0.679. The molecule has 2 unspecified atom stereocenters. The van der Waals surface area contributed by atoms with Gasteiger partial charge in [-0.3, -0.25) is 14.4 Å². The minimum absolute atomic E-state index is 0.00438. The lowest BCUT2D eigenvalue weighted by atomic mass is 9.85. The number of amides is 2. The van der Waals surface area contributed by atoms with Gasteiger partial charge in [-0.15, -0.1) is 0 Å². The molecule has 7 heteroatoms. The molecule has 140 valence electrons. The first-order valence-corrected chi connectivity index (χ1v) is 10.5. The van der Waals surface area contributed by atoms with Crippen LogP contribution in [0.5, 0.6) is 0 Å². The molecule has 3 aliphatic rings. The van der Waals surface area contributed by atoms with E-state index in [1.54, 1.807) is 0 Å². The van der Waals surface area contributed by atoms with Gasteiger partial charge in [0.1, 0.15) is 0 Å². The Morgan fingerprint density at radius 3 is 2.65 bits per heavy atom. The molecule has 26 heavy (non-hydrogen) atoms. The second-order valence-corrected chi connectivity index (χ2v) is 8.97. The molecule has 0 radical (unpaired) electrons. The Balaban J connectivity index is 1.45. The number of hydrogen-bond acceptors (Lipinski definition) is 5. The van der Waals surface area contributed by atoms with E-state index in [0.717, 1.165) is 45.2 Å². The summed E-state index contributed by atoms with van der Waals surface area (Å²) in [7, 11) is 0. The van der Waals surface area contributed by atoms with E-state index in [4.69, 9.17) is 0 Å². The third-order valence-electron chi connectivity index (χ3n) is 5.85. The summed E-state index contributed by atoms with van der Waals surface area (Å²) in [6.45, 7) is 3.75. The number of hydrogen-bond donors (Lipinski definition) is 1. The van der Waals surface area contributed by atoms with Gasteiger partial charge < -0.3 is 10.2 Å². The zero-order valence-corrected chi connectivity index (χ0v) is 15.9. The van der Waals surface area contributed by atoms with E-state index in [0.29, 0.717) is 28.0 Å². The van der Waals surface area contributed by atoms with Gasteiger partial charge in [0.2, 0.25) is 11.8 Å². The molecule has 4 rings (SSSR count). The Hall–Kier alpha value is -1.76. The minimum atomic E-state index is -0.308. The van der Waals surface area contributed by atoms with Crippen LogP contribution in [0.2, 0.25) is 0 Å². The Morgan fingerprint density at radius 1 is 1.15 bits per heavy atom. The van der Waals surface area contributed by atoms with Gasteiger partial charge in [-0.1, -0.05) is 24.7 Å². The van der Waals surface area contributed by atoms with Crippen LogP contribution in [0.1, 0.15) is 60.8 Å². The highest BCUT2D eigenvalue weighted by atomic mass is 32.1. The van der Waals surface area contributed by atoms with Gasteiger partial charge in [0.15, 0.2) is 10.9 Å². The highest BCUT2D eigenvalue weighted by Crippen LogP contribution is 2.35. The molecule has 1 saturated carbocycles. The summed E-state index contributed by atoms with van der Waals surface area (Å²) in [6, 6.07) is 0. The first-order chi connectivity index (χ1) is 12.5. The fraction of sp³-hybridized carbons (Fsp3) is 0.684. The van der Waals surface area contributed by atoms with Crippen LogP contribution in [0, 0.1) is 17.8 Å². The number of Topliss-reactive ketones (excluding diaryl/α,β-unsaturated/α-hetero) is 1. The maximum Gasteiger partial charge on any atom is 0.229 e. The summed E-state index contributed by atoms with van der Waals surface area (Å²) in [6.07, 6.45) is 5.92. The molecule has 1 aromatic heterocycles. The van der Waals surface area contributed by atoms with Crippen LogP contribution in [0.4, 0.5) is 5.13 Å². The molecule has 0 spiro atoms. The molecule has 2 fully saturated rings. The molecule has 0 bridgehead atoms. The Labute approximate surface area is 157 Å². The summed E-state index contributed by atoms with van der Waals surface area (Å²) in [5, 5.41) is 3.36. The smallest absolute Gasteiger partial charge is 0.229 e. The topological polar surface area (TPSA) is 79.4 Å². The maximum atomic E-state index is 12.9. The predicted molar refractivity (Wildman–Crippen MR) is 99.2 cm³/mol. The molecule has 1 N–H and O–H groups in total. The van der Waals surface area contributed by atoms with Crippen molar-refractivity contribution in [3.05, 3.63) is 10.6 Å². The van der Waals surface area contributed by atoms with Crippen LogP contribution in [0.15, 0.2) is 0 Å². The van der Waals surface area contributed by atoms with Crippen LogP contribution in [0.25, 0.3) is 0 Å². The van der Waals surface area contributed by atoms with E-state index in [1.165, 1.54) is 11.3 Å². The molecule has 2 aliphatic carbocycles. The van der Waals surface area contributed by atoms with E-state index in [9.17, 15) is 14.4 Å². The SMILES string of the molecule is CC1CCCN(C(=O)C2CC(=O)c3sc(NC(=O)C4CCC4)nc3C2)C1. The number of carbonyl (C=O) groups excluding carboxylic acids is 3. The molecule has 1 saturated heterocycles. The van der Waals surface area contributed by atoms with Crippen molar-refractivity contribution in [1.82, 2.24) is 9.88 Å². The van der Waals surface area contributed by atoms with E-state index >= 15 is 0 Å². The van der Waals surface area contributed by atoms with Crippen molar-refractivity contribution >= 4 is 34.1 Å². The number of likely N-dealkylation sites (tertiary alicyclic amines) is 1. The van der Waals surface area contributed by atoms with Gasteiger partial charge in [-0.2, -0.15) is 0 Å². The summed E-state index contributed by atoms with van der Waals surface area (Å²) in [5.74, 6) is 0.374. The van der Waals surface area contributed by atoms with Crippen molar-refractivity contribution in [2.45, 2.75) is 51.9 Å². The van der Waals surface area contributed by atoms with Gasteiger partial charge in [0.25, 0.3) is 0 Å². The van der Waals surface area contributed by atoms with Gasteiger partial charge in [-0.25, -0.2) is 4.98 Å². The number of piperidine rings is 1. The average molecular weight is 375 g/mol. The number of rotatable bonds is 3. The highest BCUT2D eigenvalue weighted by Gasteiger charge is 2.36. The number of anilines is 1. The molecule has 1 aromatic rings. The van der Waals surface area contributed by atoms with E-state index < -0.39 is 0 Å². The monoisotopic (exact) mass is 375 g/mol. The minimum Gasteiger partial charge on any atom is -0.342 e. The van der Waals surface area contributed by atoms with Crippen molar-refractivity contribution in [2.24, 2.45) is 17.8 Å². The zero-order valence-electron chi connectivity index (χ0n) is 15.1. The van der Waals surface area contributed by atoms with Crippen molar-refractivity contribution in [1.29, 1.82) is 0 Å². The van der Waals surface area contributed by atoms with Crippen molar-refractivity contribution in [3.8, 4) is 0 Å². The van der Waals surface area contributed by atoms with Crippen molar-refractivity contribution in [3.63, 3.8) is 0 Å². The van der Waals surface area contributed by atoms with Gasteiger partial charge in [-0.05, 0) is 31.6 Å². The van der Waals surface area contributed by atoms with Crippen molar-refractivity contribution in [2.75, 3.05) is 18.4 Å². The third-order valence-corrected chi connectivity index (χ3v) is 6.90. The first kappa shape index (κ1) is 17.6. The Bertz CT molecular complexity index is 740. The molecule has 2 heterocycles. The molecule has 0 aromatic carbocycles. The van der Waals surface area contributed by atoms with Crippen LogP contribution in [-0.4, -0.2) is 40.6 Å². The molecule has 2 atom stereocenters. The molecule has 1 aliphatic heterocycles. The lowest BCUT2D eigenvalue weighted by Gasteiger charge is -2.34. The highest BCUT2D eigenvalue weighted by molar-refractivity contribution is 7.17.